The van der Waals surface area contributed by atoms with Gasteiger partial charge in [-0.1, -0.05) is 42.5 Å². The van der Waals surface area contributed by atoms with Crippen molar-refractivity contribution < 1.29 is 4.79 Å². The molecule has 26 heavy (non-hydrogen) atoms. The van der Waals surface area contributed by atoms with Crippen LogP contribution >= 0.6 is 0 Å². The highest BCUT2D eigenvalue weighted by Crippen LogP contribution is 2.30. The maximum Gasteiger partial charge on any atom is 0.322 e. The number of hydrogen-bond acceptors (Lipinski definition) is 2. The minimum absolute atomic E-state index is 0.0599. The summed E-state index contributed by atoms with van der Waals surface area (Å²) in [7, 11) is 2.16. The van der Waals surface area contributed by atoms with Crippen LogP contribution in [-0.4, -0.2) is 48.1 Å². The van der Waals surface area contributed by atoms with Gasteiger partial charge in [-0.25, -0.2) is 4.79 Å². The molecule has 2 amide bonds. The van der Waals surface area contributed by atoms with Gasteiger partial charge in [0.05, 0.1) is 0 Å². The monoisotopic (exact) mass is 349 g/mol. The molecule has 0 unspecified atom stereocenters. The molecule has 4 rings (SSSR count). The molecular weight excluding hydrogens is 322 g/mol. The van der Waals surface area contributed by atoms with Gasteiger partial charge in [0.1, 0.15) is 0 Å². The number of nitrogens with one attached hydrogen (secondary N) is 1. The lowest BCUT2D eigenvalue weighted by Crippen LogP contribution is -2.45. The number of anilines is 1. The second kappa shape index (κ2) is 7.50. The fraction of sp³-hybridized carbons (Fsp3) is 0.409. The highest BCUT2D eigenvalue weighted by molar-refractivity contribution is 5.90. The Balaban J connectivity index is 1.45. The van der Waals surface area contributed by atoms with Crippen LogP contribution in [-0.2, 0) is 6.42 Å². The summed E-state index contributed by atoms with van der Waals surface area (Å²) >= 11 is 0. The molecule has 2 bridgehead atoms. The van der Waals surface area contributed by atoms with Crippen molar-refractivity contribution in [2.45, 2.75) is 37.8 Å². The Bertz CT molecular complexity index is 761. The summed E-state index contributed by atoms with van der Waals surface area (Å²) in [4.78, 5) is 17.4. The van der Waals surface area contributed by atoms with Crippen molar-refractivity contribution in [2.24, 2.45) is 0 Å². The zero-order valence-corrected chi connectivity index (χ0v) is 15.4. The number of carbonyl (C=O) groups excluding carboxylic acids is 1. The van der Waals surface area contributed by atoms with E-state index < -0.39 is 0 Å². The summed E-state index contributed by atoms with van der Waals surface area (Å²) < 4.78 is 0. The lowest BCUT2D eigenvalue weighted by atomic mass is 10.0. The first-order chi connectivity index (χ1) is 12.7. The van der Waals surface area contributed by atoms with E-state index in [1.165, 1.54) is 11.1 Å². The van der Waals surface area contributed by atoms with Crippen LogP contribution in [0.25, 0.3) is 0 Å². The third-order valence-electron chi connectivity index (χ3n) is 5.65. The average Bonchev–Trinajstić information content (AvgIpc) is 2.95. The third-order valence-corrected chi connectivity index (χ3v) is 5.65. The molecule has 2 saturated heterocycles. The van der Waals surface area contributed by atoms with E-state index in [4.69, 9.17) is 0 Å². The lowest BCUT2D eigenvalue weighted by Gasteiger charge is -2.28. The summed E-state index contributed by atoms with van der Waals surface area (Å²) in [5.41, 5.74) is 3.39. The van der Waals surface area contributed by atoms with Crippen LogP contribution in [0.2, 0.25) is 0 Å². The molecule has 0 spiro atoms. The van der Waals surface area contributed by atoms with E-state index >= 15 is 0 Å². The quantitative estimate of drug-likeness (QED) is 0.910. The Kier molecular flexibility index (Phi) is 4.93. The SMILES string of the molecule is CN1CC[C@H]2CC[C@@H](C1)N2C(=O)Nc1cccc(Cc2ccccc2)c1. The molecule has 0 aromatic heterocycles. The Labute approximate surface area is 155 Å². The summed E-state index contributed by atoms with van der Waals surface area (Å²) in [6, 6.07) is 19.4. The molecule has 2 aliphatic heterocycles. The molecule has 0 radical (unpaired) electrons. The molecular formula is C22H27N3O. The Morgan fingerprint density at radius 2 is 1.77 bits per heavy atom. The van der Waals surface area contributed by atoms with Crippen molar-refractivity contribution in [3.05, 3.63) is 65.7 Å². The lowest BCUT2D eigenvalue weighted by molar-refractivity contribution is 0.186. The van der Waals surface area contributed by atoms with Gasteiger partial charge in [-0.3, -0.25) is 0 Å². The first-order valence-electron chi connectivity index (χ1n) is 9.60. The van der Waals surface area contributed by atoms with Crippen LogP contribution in [0.5, 0.6) is 0 Å². The molecule has 4 nitrogen and oxygen atoms in total. The zero-order chi connectivity index (χ0) is 17.9. The topological polar surface area (TPSA) is 35.6 Å². The minimum Gasteiger partial charge on any atom is -0.317 e. The van der Waals surface area contributed by atoms with Gasteiger partial charge in [-0.15, -0.1) is 0 Å². The van der Waals surface area contributed by atoms with Crippen molar-refractivity contribution in [1.29, 1.82) is 0 Å². The molecule has 2 aliphatic rings. The summed E-state index contributed by atoms with van der Waals surface area (Å²) in [5, 5.41) is 3.15. The van der Waals surface area contributed by atoms with Gasteiger partial charge in [0, 0.05) is 24.3 Å². The van der Waals surface area contributed by atoms with Crippen LogP contribution in [0.4, 0.5) is 10.5 Å². The molecule has 2 fully saturated rings. The van der Waals surface area contributed by atoms with Crippen LogP contribution in [0.3, 0.4) is 0 Å². The second-order valence-electron chi connectivity index (χ2n) is 7.64. The van der Waals surface area contributed by atoms with Gasteiger partial charge in [0.15, 0.2) is 0 Å². The van der Waals surface area contributed by atoms with Crippen LogP contribution in [0.1, 0.15) is 30.4 Å². The van der Waals surface area contributed by atoms with Gasteiger partial charge >= 0.3 is 6.03 Å². The number of likely N-dealkylation sites (tertiary alicyclic amines) is 1. The number of carbonyl (C=O) groups is 1. The van der Waals surface area contributed by atoms with E-state index in [1.54, 1.807) is 0 Å². The summed E-state index contributed by atoms with van der Waals surface area (Å²) in [6.45, 7) is 2.06. The van der Waals surface area contributed by atoms with E-state index in [9.17, 15) is 4.79 Å². The van der Waals surface area contributed by atoms with Gasteiger partial charge in [-0.2, -0.15) is 0 Å². The number of nitrogens with zero attached hydrogens (tertiary/aromatic N) is 2. The van der Waals surface area contributed by atoms with Gasteiger partial charge < -0.3 is 15.1 Å². The smallest absolute Gasteiger partial charge is 0.317 e. The molecule has 2 aromatic rings. The predicted octanol–water partition coefficient (Wildman–Crippen LogP) is 3.98. The second-order valence-corrected chi connectivity index (χ2v) is 7.64. The molecule has 1 N–H and O–H groups in total. The van der Waals surface area contributed by atoms with Crippen molar-refractivity contribution in [3.8, 4) is 0 Å². The predicted molar refractivity (Wildman–Crippen MR) is 105 cm³/mol. The number of hydrogen-bond donors (Lipinski definition) is 1. The Morgan fingerprint density at radius 1 is 1.00 bits per heavy atom. The van der Waals surface area contributed by atoms with Crippen LogP contribution in [0, 0.1) is 0 Å². The van der Waals surface area contributed by atoms with E-state index in [0.29, 0.717) is 12.1 Å². The number of rotatable bonds is 3. The standard InChI is InChI=1S/C22H27N3O/c1-24-13-12-20-10-11-21(16-24)25(20)22(26)23-19-9-5-8-18(15-19)14-17-6-3-2-4-7-17/h2-9,15,20-21H,10-14,16H2,1H3,(H,23,26)/t20-,21+/m1/s1. The maximum absolute atomic E-state index is 13.0. The minimum atomic E-state index is 0.0599. The van der Waals surface area contributed by atoms with Crippen LogP contribution < -0.4 is 5.32 Å². The summed E-state index contributed by atoms with van der Waals surface area (Å²) in [5.74, 6) is 0. The van der Waals surface area contributed by atoms with Gasteiger partial charge in [0.25, 0.3) is 0 Å². The maximum atomic E-state index is 13.0. The van der Waals surface area contributed by atoms with Crippen molar-refractivity contribution in [3.63, 3.8) is 0 Å². The summed E-state index contributed by atoms with van der Waals surface area (Å²) in [6.07, 6.45) is 4.22. The van der Waals surface area contributed by atoms with E-state index in [-0.39, 0.29) is 6.03 Å². The molecule has 0 aliphatic carbocycles. The highest BCUT2D eigenvalue weighted by atomic mass is 16.2. The first kappa shape index (κ1) is 17.1. The van der Waals surface area contributed by atoms with E-state index in [0.717, 1.165) is 44.5 Å². The van der Waals surface area contributed by atoms with E-state index in [1.807, 2.05) is 18.2 Å². The number of benzene rings is 2. The molecule has 136 valence electrons. The molecule has 2 atom stereocenters. The largest absolute Gasteiger partial charge is 0.322 e. The molecule has 4 heteroatoms. The zero-order valence-electron chi connectivity index (χ0n) is 15.4. The normalized spacial score (nSPS) is 22.9. The van der Waals surface area contributed by atoms with Gasteiger partial charge in [0.2, 0.25) is 0 Å². The first-order valence-corrected chi connectivity index (χ1v) is 9.60. The molecule has 0 saturated carbocycles. The van der Waals surface area contributed by atoms with Crippen molar-refractivity contribution in [1.82, 2.24) is 9.80 Å². The number of likely N-dealkylation sites (N-methyl/N-ethyl adjacent to an activating group) is 1. The van der Waals surface area contributed by atoms with Crippen LogP contribution in [0.15, 0.2) is 54.6 Å². The fourth-order valence-corrected chi connectivity index (χ4v) is 4.35. The third kappa shape index (κ3) is 3.75. The van der Waals surface area contributed by atoms with E-state index in [2.05, 4.69) is 58.6 Å². The highest BCUT2D eigenvalue weighted by Gasteiger charge is 2.39. The van der Waals surface area contributed by atoms with Crippen molar-refractivity contribution in [2.75, 3.05) is 25.5 Å². The fourth-order valence-electron chi connectivity index (χ4n) is 4.35. The van der Waals surface area contributed by atoms with Gasteiger partial charge in [-0.05, 0) is 62.5 Å². The molecule has 2 aromatic carbocycles. The Morgan fingerprint density at radius 3 is 2.62 bits per heavy atom. The van der Waals surface area contributed by atoms with Crippen molar-refractivity contribution >= 4 is 11.7 Å². The average molecular weight is 349 g/mol. The number of amides is 2. The number of urea groups is 1. The Hall–Kier alpha value is -2.33. The molecule has 2 heterocycles. The number of fused-ring (bicyclic) bond motifs is 2.